The van der Waals surface area contributed by atoms with Crippen molar-refractivity contribution in [2.75, 3.05) is 44.6 Å². The van der Waals surface area contributed by atoms with Gasteiger partial charge in [-0.2, -0.15) is 0 Å². The number of methoxy groups -OCH3 is 2. The minimum atomic E-state index is -3.40. The molecule has 0 radical (unpaired) electrons. The number of allylic oxidation sites excluding steroid dienone is 1. The highest BCUT2D eigenvalue weighted by atomic mass is 35.5. The first kappa shape index (κ1) is 32.5. The predicted octanol–water partition coefficient (Wildman–Crippen LogP) is 5.74. The number of carbonyl (C=O) groups excluding carboxylic acids is 2. The van der Waals surface area contributed by atoms with Gasteiger partial charge in [-0.05, 0) is 98.2 Å². The first-order valence-corrected chi connectivity index (χ1v) is 17.4. The van der Waals surface area contributed by atoms with Crippen molar-refractivity contribution in [3.05, 3.63) is 70.3 Å². The molecular weight excluding hydrogens is 602 g/mol. The molecule has 1 aliphatic carbocycles. The Morgan fingerprint density at radius 3 is 2.77 bits per heavy atom. The monoisotopic (exact) mass is 643 g/mol. The molecule has 4 atom stereocenters. The van der Waals surface area contributed by atoms with E-state index in [0.717, 1.165) is 44.3 Å². The summed E-state index contributed by atoms with van der Waals surface area (Å²) in [5.41, 5.74) is 3.46. The van der Waals surface area contributed by atoms with E-state index < -0.39 is 21.7 Å². The van der Waals surface area contributed by atoms with Crippen LogP contribution in [0.5, 0.6) is 5.75 Å². The molecule has 5 rings (SSSR count). The minimum Gasteiger partial charge on any atom is -0.491 e. The van der Waals surface area contributed by atoms with Crippen molar-refractivity contribution in [1.82, 2.24) is 4.72 Å². The maximum atomic E-state index is 13.8. The van der Waals surface area contributed by atoms with Crippen LogP contribution in [0.1, 0.15) is 60.0 Å². The second-order valence-corrected chi connectivity index (χ2v) is 14.3. The lowest BCUT2D eigenvalue weighted by Crippen LogP contribution is -2.43. The zero-order chi connectivity index (χ0) is 31.1. The van der Waals surface area contributed by atoms with Crippen molar-refractivity contribution >= 4 is 39.0 Å². The molecule has 9 nitrogen and oxygen atoms in total. The largest absolute Gasteiger partial charge is 0.491 e. The Morgan fingerprint density at radius 2 is 2.00 bits per heavy atom. The molecular formula is C33H42ClN3O6S. The standard InChI is InChI=1S/C33H42ClN3O6S/c1-41-22-32(38)35-44(40)17-7-3-4-9-30(42-2)28-14-11-26(28)21-37-20-25-10-13-27(34)18-23(25)8-5-6-16-43-31-15-12-24(19-29(31)37)33(39)36-44/h4,9-10,12-13,15,18-19,26,28,30H,3,5-8,11,14,16-17,20-22H2,1-2H3,(H,35,36,38,39,40)/b9-4+/t26-,28+,30-,44?/m0/s1. The van der Waals surface area contributed by atoms with Gasteiger partial charge in [-0.15, -0.1) is 4.36 Å². The summed E-state index contributed by atoms with van der Waals surface area (Å²) in [6.07, 6.45) is 10.0. The summed E-state index contributed by atoms with van der Waals surface area (Å²) in [4.78, 5) is 28.3. The van der Waals surface area contributed by atoms with Crippen LogP contribution in [0, 0.1) is 11.8 Å². The first-order chi connectivity index (χ1) is 21.3. The minimum absolute atomic E-state index is 0.0295. The molecule has 2 heterocycles. The number of amides is 2. The fourth-order valence-electron chi connectivity index (χ4n) is 6.26. The number of aryl methyl sites for hydroxylation is 1. The summed E-state index contributed by atoms with van der Waals surface area (Å²) < 4.78 is 37.6. The number of fused-ring (bicyclic) bond motifs is 3. The van der Waals surface area contributed by atoms with Gasteiger partial charge in [0.1, 0.15) is 22.3 Å². The molecule has 0 saturated heterocycles. The van der Waals surface area contributed by atoms with Gasteiger partial charge in [-0.3, -0.25) is 14.3 Å². The maximum Gasteiger partial charge on any atom is 0.286 e. The topological polar surface area (TPSA) is 107 Å². The van der Waals surface area contributed by atoms with E-state index in [0.29, 0.717) is 48.6 Å². The fourth-order valence-corrected chi connectivity index (χ4v) is 8.04. The molecule has 2 amide bonds. The average molecular weight is 644 g/mol. The van der Waals surface area contributed by atoms with Crippen molar-refractivity contribution in [2.24, 2.45) is 16.2 Å². The molecule has 0 aromatic heterocycles. The summed E-state index contributed by atoms with van der Waals surface area (Å²) in [7, 11) is -0.277. The summed E-state index contributed by atoms with van der Waals surface area (Å²) >= 11 is 6.42. The van der Waals surface area contributed by atoms with E-state index in [1.54, 1.807) is 25.3 Å². The van der Waals surface area contributed by atoms with Crippen molar-refractivity contribution < 1.29 is 28.0 Å². The van der Waals surface area contributed by atoms with Crippen LogP contribution in [0.2, 0.25) is 5.02 Å². The highest BCUT2D eigenvalue weighted by Gasteiger charge is 2.38. The van der Waals surface area contributed by atoms with Gasteiger partial charge < -0.3 is 19.1 Å². The Labute approximate surface area is 265 Å². The maximum absolute atomic E-state index is 13.8. The van der Waals surface area contributed by atoms with Gasteiger partial charge >= 0.3 is 0 Å². The van der Waals surface area contributed by atoms with Crippen molar-refractivity contribution in [1.29, 1.82) is 0 Å². The van der Waals surface area contributed by atoms with Crippen LogP contribution in [-0.4, -0.2) is 61.9 Å². The van der Waals surface area contributed by atoms with E-state index in [-0.39, 0.29) is 24.0 Å². The quantitative estimate of drug-likeness (QED) is 0.424. The normalized spacial score (nSPS) is 26.8. The van der Waals surface area contributed by atoms with Crippen LogP contribution in [-0.2, 0) is 37.1 Å². The van der Waals surface area contributed by atoms with Gasteiger partial charge in [0.05, 0.1) is 24.2 Å². The number of anilines is 1. The number of benzene rings is 2. The van der Waals surface area contributed by atoms with Crippen LogP contribution in [0.3, 0.4) is 0 Å². The van der Waals surface area contributed by atoms with Crippen molar-refractivity contribution in [3.8, 4) is 5.75 Å². The van der Waals surface area contributed by atoms with Crippen LogP contribution < -0.4 is 14.4 Å². The Morgan fingerprint density at radius 1 is 1.14 bits per heavy atom. The van der Waals surface area contributed by atoms with E-state index in [2.05, 4.69) is 32.2 Å². The Balaban J connectivity index is 1.61. The van der Waals surface area contributed by atoms with Crippen LogP contribution in [0.15, 0.2) is 52.9 Å². The molecule has 1 N–H and O–H groups in total. The number of halogens is 1. The summed E-state index contributed by atoms with van der Waals surface area (Å²) in [6.45, 7) is 1.61. The smallest absolute Gasteiger partial charge is 0.286 e. The Kier molecular flexibility index (Phi) is 11.0. The van der Waals surface area contributed by atoms with E-state index in [4.69, 9.17) is 25.8 Å². The lowest BCUT2D eigenvalue weighted by molar-refractivity contribution is -0.122. The number of ether oxygens (including phenoxy) is 3. The van der Waals surface area contributed by atoms with Gasteiger partial charge in [0.15, 0.2) is 0 Å². The SMILES string of the molecule is COCC(=O)NS1(=O)=NC(=O)c2ccc3c(c2)N(Cc2ccc(Cl)cc2CCCCO3)C[C@@H]2CC[C@H]2[C@@H](OC)/C=C/CCC1. The zero-order valence-electron chi connectivity index (χ0n) is 25.5. The van der Waals surface area contributed by atoms with Gasteiger partial charge in [-0.25, -0.2) is 4.21 Å². The van der Waals surface area contributed by atoms with Crippen LogP contribution >= 0.6 is 11.6 Å². The fraction of sp³-hybridized carbons (Fsp3) is 0.515. The number of nitrogens with one attached hydrogen (secondary N) is 1. The average Bonchev–Trinajstić information content (AvgIpc) is 3.00. The van der Waals surface area contributed by atoms with Crippen molar-refractivity contribution in [3.63, 3.8) is 0 Å². The Bertz CT molecular complexity index is 1500. The number of rotatable bonds is 4. The molecule has 2 aliphatic heterocycles. The molecule has 0 spiro atoms. The number of hydrogen-bond acceptors (Lipinski definition) is 7. The molecule has 11 heteroatoms. The van der Waals surface area contributed by atoms with E-state index in [1.807, 2.05) is 12.1 Å². The second kappa shape index (κ2) is 14.9. The van der Waals surface area contributed by atoms with Crippen molar-refractivity contribution in [2.45, 2.75) is 57.6 Å². The van der Waals surface area contributed by atoms with Gasteiger partial charge in [0.25, 0.3) is 11.8 Å². The third-order valence-electron chi connectivity index (χ3n) is 8.70. The first-order valence-electron chi connectivity index (χ1n) is 15.4. The summed E-state index contributed by atoms with van der Waals surface area (Å²) in [5.74, 6) is 0.198. The third kappa shape index (κ3) is 8.02. The molecule has 238 valence electrons. The molecule has 2 aromatic carbocycles. The molecule has 2 aromatic rings. The highest BCUT2D eigenvalue weighted by Crippen LogP contribution is 2.42. The Hall–Kier alpha value is -2.92. The predicted molar refractivity (Wildman–Crippen MR) is 173 cm³/mol. The molecule has 2 bridgehead atoms. The summed E-state index contributed by atoms with van der Waals surface area (Å²) in [6, 6.07) is 11.3. The highest BCUT2D eigenvalue weighted by molar-refractivity contribution is 7.92. The second-order valence-electron chi connectivity index (χ2n) is 11.8. The van der Waals surface area contributed by atoms with E-state index in [1.165, 1.54) is 18.2 Å². The van der Waals surface area contributed by atoms with Gasteiger partial charge in [-0.1, -0.05) is 29.8 Å². The molecule has 1 saturated carbocycles. The number of hydrogen-bond donors (Lipinski definition) is 1. The lowest BCUT2D eigenvalue weighted by atomic mass is 9.70. The van der Waals surface area contributed by atoms with Gasteiger partial charge in [0, 0.05) is 37.9 Å². The van der Waals surface area contributed by atoms with Crippen LogP contribution in [0.4, 0.5) is 5.69 Å². The van der Waals surface area contributed by atoms with Gasteiger partial charge in [0.2, 0.25) is 0 Å². The number of carbonyl (C=O) groups is 2. The zero-order valence-corrected chi connectivity index (χ0v) is 27.0. The number of nitrogens with zero attached hydrogens (tertiary/aromatic N) is 2. The van der Waals surface area contributed by atoms with E-state index in [9.17, 15) is 13.8 Å². The summed E-state index contributed by atoms with van der Waals surface area (Å²) in [5, 5.41) is 0.715. The lowest BCUT2D eigenvalue weighted by Gasteiger charge is -2.43. The molecule has 1 unspecified atom stereocenters. The van der Waals surface area contributed by atoms with Crippen LogP contribution in [0.25, 0.3) is 0 Å². The molecule has 1 fully saturated rings. The van der Waals surface area contributed by atoms with E-state index >= 15 is 0 Å². The molecule has 44 heavy (non-hydrogen) atoms. The molecule has 3 aliphatic rings. The third-order valence-corrected chi connectivity index (χ3v) is 10.8.